The highest BCUT2D eigenvalue weighted by Gasteiger charge is 2.36. The van der Waals surface area contributed by atoms with Crippen molar-refractivity contribution in [3.05, 3.63) is 62.6 Å². The number of benzene rings is 1. The summed E-state index contributed by atoms with van der Waals surface area (Å²) in [5.41, 5.74) is 1.99. The van der Waals surface area contributed by atoms with Gasteiger partial charge in [-0.15, -0.1) is 0 Å². The van der Waals surface area contributed by atoms with Gasteiger partial charge in [-0.3, -0.25) is 4.79 Å². The SMILES string of the molecule is [C-]#[N+]c1ccc(OC2CCC(N3Cc4nc(Br)ccc4C3=O)CC2)cc1Cl. The van der Waals surface area contributed by atoms with E-state index in [0.717, 1.165) is 36.0 Å². The zero-order valence-corrected chi connectivity index (χ0v) is 16.8. The molecule has 0 atom stereocenters. The molecular formula is C20H17BrClN3O2. The van der Waals surface area contributed by atoms with Gasteiger partial charge in [0.1, 0.15) is 10.4 Å². The van der Waals surface area contributed by atoms with Crippen molar-refractivity contribution >= 4 is 39.1 Å². The van der Waals surface area contributed by atoms with Crippen LogP contribution in [0.3, 0.4) is 0 Å². The van der Waals surface area contributed by atoms with Crippen molar-refractivity contribution in [1.29, 1.82) is 0 Å². The van der Waals surface area contributed by atoms with E-state index in [9.17, 15) is 4.79 Å². The molecule has 0 N–H and O–H groups in total. The summed E-state index contributed by atoms with van der Waals surface area (Å²) in [6.45, 7) is 7.63. The molecule has 0 radical (unpaired) electrons. The number of aromatic nitrogens is 1. The number of hydrogen-bond acceptors (Lipinski definition) is 3. The molecule has 4 rings (SSSR count). The third kappa shape index (κ3) is 3.67. The molecule has 0 unspecified atom stereocenters. The van der Waals surface area contributed by atoms with Crippen LogP contribution in [-0.2, 0) is 6.54 Å². The van der Waals surface area contributed by atoms with Gasteiger partial charge in [0.05, 0.1) is 35.5 Å². The summed E-state index contributed by atoms with van der Waals surface area (Å²) in [6, 6.07) is 9.05. The second-order valence-electron chi connectivity index (χ2n) is 6.83. The lowest BCUT2D eigenvalue weighted by Crippen LogP contribution is -2.40. The zero-order valence-electron chi connectivity index (χ0n) is 14.5. The molecule has 0 spiro atoms. The van der Waals surface area contributed by atoms with Crippen LogP contribution in [-0.4, -0.2) is 27.9 Å². The lowest BCUT2D eigenvalue weighted by Gasteiger charge is -2.34. The molecule has 1 aromatic carbocycles. The summed E-state index contributed by atoms with van der Waals surface area (Å²) in [5, 5.41) is 0.412. The molecule has 1 saturated carbocycles. The summed E-state index contributed by atoms with van der Waals surface area (Å²) in [6.07, 6.45) is 3.66. The highest BCUT2D eigenvalue weighted by Crippen LogP contribution is 2.34. The molecule has 138 valence electrons. The molecule has 1 aliphatic carbocycles. The number of halogens is 2. The van der Waals surface area contributed by atoms with Crippen LogP contribution in [0.4, 0.5) is 5.69 Å². The summed E-state index contributed by atoms with van der Waals surface area (Å²) >= 11 is 9.45. The van der Waals surface area contributed by atoms with E-state index in [1.165, 1.54) is 0 Å². The van der Waals surface area contributed by atoms with Gasteiger partial charge in [0.25, 0.3) is 5.91 Å². The maximum atomic E-state index is 12.7. The Bertz CT molecular complexity index is 935. The van der Waals surface area contributed by atoms with Gasteiger partial charge in [-0.2, -0.15) is 0 Å². The summed E-state index contributed by atoms with van der Waals surface area (Å²) in [5.74, 6) is 0.769. The number of fused-ring (bicyclic) bond motifs is 1. The number of ether oxygens (including phenoxy) is 1. The predicted molar refractivity (Wildman–Crippen MR) is 106 cm³/mol. The third-order valence-corrected chi connectivity index (χ3v) is 5.92. The van der Waals surface area contributed by atoms with Crippen molar-refractivity contribution in [3.8, 4) is 5.75 Å². The molecule has 2 heterocycles. The Morgan fingerprint density at radius 1 is 1.22 bits per heavy atom. The van der Waals surface area contributed by atoms with E-state index in [-0.39, 0.29) is 18.1 Å². The molecule has 1 fully saturated rings. The Hall–Kier alpha value is -2.10. The Balaban J connectivity index is 1.36. The van der Waals surface area contributed by atoms with Gasteiger partial charge in [0, 0.05) is 6.04 Å². The van der Waals surface area contributed by atoms with Crippen molar-refractivity contribution in [2.75, 3.05) is 0 Å². The zero-order chi connectivity index (χ0) is 19.0. The van der Waals surface area contributed by atoms with Gasteiger partial charge < -0.3 is 9.64 Å². The molecule has 5 nitrogen and oxygen atoms in total. The predicted octanol–water partition coefficient (Wildman–Crippen LogP) is 5.39. The number of carbonyl (C=O) groups is 1. The summed E-state index contributed by atoms with van der Waals surface area (Å²) in [4.78, 5) is 22.4. The number of rotatable bonds is 3. The first-order valence-electron chi connectivity index (χ1n) is 8.85. The van der Waals surface area contributed by atoms with Crippen LogP contribution in [0.15, 0.2) is 34.9 Å². The third-order valence-electron chi connectivity index (χ3n) is 5.18. The molecule has 1 amide bonds. The number of carbonyl (C=O) groups excluding carboxylic acids is 1. The number of hydrogen-bond donors (Lipinski definition) is 0. The fourth-order valence-corrected chi connectivity index (χ4v) is 4.35. The first kappa shape index (κ1) is 18.3. The van der Waals surface area contributed by atoms with Gasteiger partial charge in [-0.1, -0.05) is 17.7 Å². The van der Waals surface area contributed by atoms with Gasteiger partial charge in [0.2, 0.25) is 5.69 Å². The van der Waals surface area contributed by atoms with E-state index in [1.54, 1.807) is 18.2 Å². The van der Waals surface area contributed by atoms with E-state index in [1.807, 2.05) is 17.0 Å². The van der Waals surface area contributed by atoms with Gasteiger partial charge in [0.15, 0.2) is 0 Å². The highest BCUT2D eigenvalue weighted by molar-refractivity contribution is 9.10. The number of pyridine rings is 1. The van der Waals surface area contributed by atoms with E-state index in [0.29, 0.717) is 28.6 Å². The highest BCUT2D eigenvalue weighted by atomic mass is 79.9. The fraction of sp³-hybridized carbons (Fsp3) is 0.350. The monoisotopic (exact) mass is 445 g/mol. The number of amides is 1. The van der Waals surface area contributed by atoms with E-state index in [2.05, 4.69) is 25.8 Å². The van der Waals surface area contributed by atoms with Crippen LogP contribution in [0, 0.1) is 6.57 Å². The first-order chi connectivity index (χ1) is 13.0. The maximum absolute atomic E-state index is 12.7. The fourth-order valence-electron chi connectivity index (χ4n) is 3.79. The average Bonchev–Trinajstić information content (AvgIpc) is 2.98. The Morgan fingerprint density at radius 2 is 2.00 bits per heavy atom. The summed E-state index contributed by atoms with van der Waals surface area (Å²) < 4.78 is 6.80. The molecule has 0 bridgehead atoms. The van der Waals surface area contributed by atoms with E-state index >= 15 is 0 Å². The van der Waals surface area contributed by atoms with Gasteiger partial charge in [-0.25, -0.2) is 9.83 Å². The lowest BCUT2D eigenvalue weighted by atomic mass is 9.92. The van der Waals surface area contributed by atoms with Gasteiger partial charge >= 0.3 is 0 Å². The van der Waals surface area contributed by atoms with Crippen molar-refractivity contribution in [2.24, 2.45) is 0 Å². The Kier molecular flexibility index (Phi) is 5.07. The van der Waals surface area contributed by atoms with Crippen molar-refractivity contribution in [2.45, 2.75) is 44.4 Å². The molecule has 2 aromatic rings. The maximum Gasteiger partial charge on any atom is 0.256 e. The molecule has 7 heteroatoms. The molecule has 0 saturated heterocycles. The number of nitrogens with zero attached hydrogens (tertiary/aromatic N) is 3. The smallest absolute Gasteiger partial charge is 0.256 e. The molecule has 27 heavy (non-hydrogen) atoms. The molecule has 1 aliphatic heterocycles. The second kappa shape index (κ2) is 7.49. The van der Waals surface area contributed by atoms with Crippen LogP contribution in [0.5, 0.6) is 5.75 Å². The quantitative estimate of drug-likeness (QED) is 0.469. The minimum Gasteiger partial charge on any atom is -0.490 e. The standard InChI is InChI=1S/C20H17BrClN3O2/c1-23-17-8-6-14(10-16(17)22)27-13-4-2-12(3-5-13)25-11-18-15(20(25)26)7-9-19(21)24-18/h6-10,12-13H,2-5,11H2. The minimum absolute atomic E-state index is 0.0795. The molecular weight excluding hydrogens is 430 g/mol. The van der Waals surface area contributed by atoms with E-state index in [4.69, 9.17) is 22.9 Å². The van der Waals surface area contributed by atoms with Crippen LogP contribution in [0.25, 0.3) is 4.85 Å². The van der Waals surface area contributed by atoms with Crippen LogP contribution >= 0.6 is 27.5 Å². The molecule has 1 aromatic heterocycles. The van der Waals surface area contributed by atoms with Crippen LogP contribution in [0.2, 0.25) is 5.02 Å². The average molecular weight is 447 g/mol. The normalized spacial score (nSPS) is 21.7. The summed E-state index contributed by atoms with van der Waals surface area (Å²) in [7, 11) is 0. The topological polar surface area (TPSA) is 46.8 Å². The van der Waals surface area contributed by atoms with Crippen molar-refractivity contribution in [1.82, 2.24) is 9.88 Å². The first-order valence-corrected chi connectivity index (χ1v) is 10.0. The molecule has 2 aliphatic rings. The minimum atomic E-state index is 0.0795. The largest absolute Gasteiger partial charge is 0.490 e. The van der Waals surface area contributed by atoms with Crippen LogP contribution < -0.4 is 4.74 Å². The Labute approximate surface area is 171 Å². The van der Waals surface area contributed by atoms with Crippen molar-refractivity contribution in [3.63, 3.8) is 0 Å². The van der Waals surface area contributed by atoms with Gasteiger partial charge in [-0.05, 0) is 65.9 Å². The van der Waals surface area contributed by atoms with Crippen molar-refractivity contribution < 1.29 is 9.53 Å². The van der Waals surface area contributed by atoms with Crippen LogP contribution in [0.1, 0.15) is 41.7 Å². The van der Waals surface area contributed by atoms with E-state index < -0.39 is 0 Å². The Morgan fingerprint density at radius 3 is 2.70 bits per heavy atom. The lowest BCUT2D eigenvalue weighted by molar-refractivity contribution is 0.0560. The second-order valence-corrected chi connectivity index (χ2v) is 8.05.